The molecule has 6 heteroatoms. The van der Waals surface area contributed by atoms with Crippen molar-refractivity contribution in [3.8, 4) is 0 Å². The molecule has 0 heterocycles. The molecular formula is C14H21N3O3. The van der Waals surface area contributed by atoms with Gasteiger partial charge in [-0.2, -0.15) is 0 Å². The number of likely N-dealkylation sites (N-methyl/N-ethyl adjacent to an activating group) is 2. The molecule has 0 atom stereocenters. The molecule has 0 aliphatic heterocycles. The van der Waals surface area contributed by atoms with E-state index in [9.17, 15) is 14.9 Å². The first kappa shape index (κ1) is 16.1. The van der Waals surface area contributed by atoms with Crippen LogP contribution >= 0.6 is 0 Å². The number of carbonyl (C=O) groups is 1. The Balaban J connectivity index is 2.69. The van der Waals surface area contributed by atoms with Gasteiger partial charge in [0.2, 0.25) is 5.91 Å². The van der Waals surface area contributed by atoms with Gasteiger partial charge < -0.3 is 4.90 Å². The molecule has 6 nitrogen and oxygen atoms in total. The number of nitro groups is 1. The molecule has 0 aliphatic carbocycles. The Morgan fingerprint density at radius 1 is 1.25 bits per heavy atom. The lowest BCUT2D eigenvalue weighted by Crippen LogP contribution is -2.38. The molecule has 1 amide bonds. The molecule has 0 aliphatic rings. The fourth-order valence-corrected chi connectivity index (χ4v) is 2.08. The van der Waals surface area contributed by atoms with Crippen LogP contribution in [0.5, 0.6) is 0 Å². The second-order valence-corrected chi connectivity index (χ2v) is 4.62. The fourth-order valence-electron chi connectivity index (χ4n) is 2.08. The number of carbonyl (C=O) groups excluding carboxylic acids is 1. The largest absolute Gasteiger partial charge is 0.342 e. The van der Waals surface area contributed by atoms with Gasteiger partial charge in [-0.1, -0.05) is 18.2 Å². The Hall–Kier alpha value is -1.95. The van der Waals surface area contributed by atoms with Crippen molar-refractivity contribution in [3.05, 3.63) is 39.9 Å². The van der Waals surface area contributed by atoms with Crippen LogP contribution in [0.15, 0.2) is 24.3 Å². The van der Waals surface area contributed by atoms with Crippen molar-refractivity contribution in [1.29, 1.82) is 0 Å². The molecule has 0 spiro atoms. The number of nitrogens with zero attached hydrogens (tertiary/aromatic N) is 3. The quantitative estimate of drug-likeness (QED) is 0.564. The van der Waals surface area contributed by atoms with E-state index in [4.69, 9.17) is 0 Å². The summed E-state index contributed by atoms with van der Waals surface area (Å²) in [7, 11) is 1.79. The highest BCUT2D eigenvalue weighted by Gasteiger charge is 2.17. The van der Waals surface area contributed by atoms with Gasteiger partial charge in [0.05, 0.1) is 11.5 Å². The van der Waals surface area contributed by atoms with Crippen LogP contribution in [0.1, 0.15) is 19.4 Å². The maximum Gasteiger partial charge on any atom is 0.273 e. The van der Waals surface area contributed by atoms with Gasteiger partial charge in [0.25, 0.3) is 5.69 Å². The maximum atomic E-state index is 12.0. The van der Waals surface area contributed by atoms with Crippen LogP contribution in [0.25, 0.3) is 0 Å². The first-order valence-corrected chi connectivity index (χ1v) is 6.68. The van der Waals surface area contributed by atoms with Crippen molar-refractivity contribution >= 4 is 11.6 Å². The average molecular weight is 279 g/mol. The van der Waals surface area contributed by atoms with E-state index in [1.165, 1.54) is 6.07 Å². The number of rotatable bonds is 7. The summed E-state index contributed by atoms with van der Waals surface area (Å²) in [4.78, 5) is 26.1. The number of nitro benzene ring substituents is 1. The summed E-state index contributed by atoms with van der Waals surface area (Å²) in [6, 6.07) is 6.61. The zero-order valence-electron chi connectivity index (χ0n) is 12.2. The highest BCUT2D eigenvalue weighted by Crippen LogP contribution is 2.18. The number of hydrogen-bond donors (Lipinski definition) is 0. The maximum absolute atomic E-state index is 12.0. The zero-order chi connectivity index (χ0) is 15.1. The second-order valence-electron chi connectivity index (χ2n) is 4.62. The molecule has 0 unspecified atom stereocenters. The molecule has 1 rings (SSSR count). The van der Waals surface area contributed by atoms with Gasteiger partial charge in [0, 0.05) is 31.3 Å². The molecular weight excluding hydrogens is 258 g/mol. The first-order valence-electron chi connectivity index (χ1n) is 6.68. The van der Waals surface area contributed by atoms with E-state index < -0.39 is 4.92 Å². The van der Waals surface area contributed by atoms with Gasteiger partial charge in [-0.05, 0) is 20.9 Å². The lowest BCUT2D eigenvalue weighted by molar-refractivity contribution is -0.385. The van der Waals surface area contributed by atoms with Gasteiger partial charge in [-0.25, -0.2) is 0 Å². The van der Waals surface area contributed by atoms with Crippen LogP contribution in [-0.2, 0) is 11.3 Å². The summed E-state index contributed by atoms with van der Waals surface area (Å²) in [5, 5.41) is 10.9. The molecule has 0 aromatic heterocycles. The Kier molecular flexibility index (Phi) is 6.11. The minimum atomic E-state index is -0.393. The fraction of sp³-hybridized carbons (Fsp3) is 0.500. The summed E-state index contributed by atoms with van der Waals surface area (Å²) < 4.78 is 0. The first-order chi connectivity index (χ1) is 9.49. The molecule has 1 aromatic rings. The highest BCUT2D eigenvalue weighted by molar-refractivity contribution is 5.78. The SMILES string of the molecule is CCN(CC)C(=O)CN(C)Cc1ccccc1[N+](=O)[O-]. The van der Waals surface area contributed by atoms with E-state index in [1.54, 1.807) is 35.0 Å². The zero-order valence-corrected chi connectivity index (χ0v) is 12.2. The monoisotopic (exact) mass is 279 g/mol. The van der Waals surface area contributed by atoms with Crippen LogP contribution in [0, 0.1) is 10.1 Å². The van der Waals surface area contributed by atoms with Crippen LogP contribution in [0.4, 0.5) is 5.69 Å². The lowest BCUT2D eigenvalue weighted by Gasteiger charge is -2.23. The van der Waals surface area contributed by atoms with E-state index in [2.05, 4.69) is 0 Å². The third-order valence-electron chi connectivity index (χ3n) is 3.15. The predicted molar refractivity (Wildman–Crippen MR) is 77.4 cm³/mol. The third-order valence-corrected chi connectivity index (χ3v) is 3.15. The number of hydrogen-bond acceptors (Lipinski definition) is 4. The van der Waals surface area contributed by atoms with Crippen LogP contribution in [-0.4, -0.2) is 47.3 Å². The molecule has 1 aromatic carbocycles. The van der Waals surface area contributed by atoms with Gasteiger partial charge in [-0.3, -0.25) is 19.8 Å². The Morgan fingerprint density at radius 2 is 1.85 bits per heavy atom. The van der Waals surface area contributed by atoms with Gasteiger partial charge in [0.15, 0.2) is 0 Å². The normalized spacial score (nSPS) is 10.6. The number of benzene rings is 1. The second kappa shape index (κ2) is 7.59. The molecule has 20 heavy (non-hydrogen) atoms. The molecule has 0 fully saturated rings. The Labute approximate surface area is 119 Å². The van der Waals surface area contributed by atoms with Crippen molar-refractivity contribution in [3.63, 3.8) is 0 Å². The van der Waals surface area contributed by atoms with Crippen LogP contribution < -0.4 is 0 Å². The Bertz CT molecular complexity index is 472. The summed E-state index contributed by atoms with van der Waals surface area (Å²) in [6.45, 7) is 5.86. The molecule has 0 saturated carbocycles. The summed E-state index contributed by atoms with van der Waals surface area (Å²) in [6.07, 6.45) is 0. The van der Waals surface area contributed by atoms with Crippen molar-refractivity contribution in [2.45, 2.75) is 20.4 Å². The third kappa shape index (κ3) is 4.31. The average Bonchev–Trinajstić information content (AvgIpc) is 2.40. The predicted octanol–water partition coefficient (Wildman–Crippen LogP) is 1.89. The minimum absolute atomic E-state index is 0.0380. The Morgan fingerprint density at radius 3 is 2.40 bits per heavy atom. The molecule has 0 saturated heterocycles. The van der Waals surface area contributed by atoms with Gasteiger partial charge in [-0.15, -0.1) is 0 Å². The van der Waals surface area contributed by atoms with Gasteiger partial charge >= 0.3 is 0 Å². The van der Waals surface area contributed by atoms with E-state index in [1.807, 2.05) is 13.8 Å². The van der Waals surface area contributed by atoms with E-state index in [0.717, 1.165) is 0 Å². The summed E-state index contributed by atoms with van der Waals surface area (Å²) in [5.41, 5.74) is 0.710. The molecule has 0 bridgehead atoms. The number of para-hydroxylation sites is 1. The molecule has 110 valence electrons. The van der Waals surface area contributed by atoms with E-state index in [-0.39, 0.29) is 18.1 Å². The van der Waals surface area contributed by atoms with Crippen molar-refractivity contribution in [1.82, 2.24) is 9.80 Å². The summed E-state index contributed by atoms with van der Waals surface area (Å²) >= 11 is 0. The molecule has 0 N–H and O–H groups in total. The van der Waals surface area contributed by atoms with Crippen molar-refractivity contribution < 1.29 is 9.72 Å². The van der Waals surface area contributed by atoms with Crippen LogP contribution in [0.3, 0.4) is 0 Å². The standard InChI is InChI=1S/C14H21N3O3/c1-4-16(5-2)14(18)11-15(3)10-12-8-6-7-9-13(12)17(19)20/h6-9H,4-5,10-11H2,1-3H3. The summed E-state index contributed by atoms with van der Waals surface area (Å²) in [5.74, 6) is 0.0380. The molecule has 0 radical (unpaired) electrons. The number of amides is 1. The highest BCUT2D eigenvalue weighted by atomic mass is 16.6. The smallest absolute Gasteiger partial charge is 0.273 e. The lowest BCUT2D eigenvalue weighted by atomic mass is 10.1. The topological polar surface area (TPSA) is 66.7 Å². The van der Waals surface area contributed by atoms with Crippen LogP contribution in [0.2, 0.25) is 0 Å². The van der Waals surface area contributed by atoms with Crippen molar-refractivity contribution in [2.24, 2.45) is 0 Å². The van der Waals surface area contributed by atoms with E-state index in [0.29, 0.717) is 25.2 Å². The van der Waals surface area contributed by atoms with Crippen molar-refractivity contribution in [2.75, 3.05) is 26.7 Å². The minimum Gasteiger partial charge on any atom is -0.342 e. The van der Waals surface area contributed by atoms with Gasteiger partial charge in [0.1, 0.15) is 0 Å². The van der Waals surface area contributed by atoms with E-state index >= 15 is 0 Å².